The molecule has 0 N–H and O–H groups in total. The maximum atomic E-state index is 11.7. The number of nitrogens with zero attached hydrogens (tertiary/aromatic N) is 4. The van der Waals surface area contributed by atoms with E-state index in [-0.39, 0.29) is 0 Å². The third kappa shape index (κ3) is 3.33. The summed E-state index contributed by atoms with van der Waals surface area (Å²) >= 11 is 0. The van der Waals surface area contributed by atoms with Gasteiger partial charge in [0, 0.05) is 24.5 Å². The van der Waals surface area contributed by atoms with Crippen LogP contribution in [0.3, 0.4) is 0 Å². The van der Waals surface area contributed by atoms with Gasteiger partial charge in [-0.3, -0.25) is 14.1 Å². The van der Waals surface area contributed by atoms with Crippen molar-refractivity contribution in [2.45, 2.75) is 26.8 Å². The summed E-state index contributed by atoms with van der Waals surface area (Å²) in [5, 5.41) is 3.85. The van der Waals surface area contributed by atoms with Crippen molar-refractivity contribution < 1.29 is 4.52 Å². The summed E-state index contributed by atoms with van der Waals surface area (Å²) in [6, 6.07) is 3.68. The van der Waals surface area contributed by atoms with Crippen molar-refractivity contribution in [3.8, 4) is 11.4 Å². The van der Waals surface area contributed by atoms with Crippen LogP contribution in [0.5, 0.6) is 0 Å². The molecule has 2 aromatic heterocycles. The molecule has 0 aliphatic carbocycles. The maximum Gasteiger partial charge on any atom is 0.441 e. The van der Waals surface area contributed by atoms with Crippen LogP contribution in [0.15, 0.2) is 33.8 Å². The first-order valence-corrected chi connectivity index (χ1v) is 6.95. The monoisotopic (exact) mass is 276 g/mol. The number of hydrogen-bond acceptors (Lipinski definition) is 5. The standard InChI is InChI=1S/C14H20N4O2/c1-3-17(4-2)9-6-10-18-13(16-20-14(18)19)12-7-5-8-15-11-12/h5,7-8,11H,3-4,6,9-10H2,1-2H3. The van der Waals surface area contributed by atoms with Crippen molar-refractivity contribution in [1.29, 1.82) is 0 Å². The maximum absolute atomic E-state index is 11.7. The molecule has 2 heterocycles. The van der Waals surface area contributed by atoms with Crippen LogP contribution in [-0.4, -0.2) is 39.2 Å². The minimum atomic E-state index is -0.414. The van der Waals surface area contributed by atoms with Crippen molar-refractivity contribution in [3.05, 3.63) is 35.1 Å². The van der Waals surface area contributed by atoms with E-state index < -0.39 is 5.76 Å². The first-order chi connectivity index (χ1) is 9.76. The SMILES string of the molecule is CCN(CC)CCCn1c(-c2cccnc2)noc1=O. The Morgan fingerprint density at radius 1 is 1.35 bits per heavy atom. The zero-order valence-corrected chi connectivity index (χ0v) is 12.0. The van der Waals surface area contributed by atoms with Crippen molar-refractivity contribution in [3.63, 3.8) is 0 Å². The smallest absolute Gasteiger partial charge is 0.304 e. The Morgan fingerprint density at radius 3 is 2.80 bits per heavy atom. The largest absolute Gasteiger partial charge is 0.441 e. The lowest BCUT2D eigenvalue weighted by atomic mass is 10.2. The number of pyridine rings is 1. The van der Waals surface area contributed by atoms with Gasteiger partial charge in [-0.25, -0.2) is 4.79 Å². The van der Waals surface area contributed by atoms with E-state index in [9.17, 15) is 4.79 Å². The van der Waals surface area contributed by atoms with Crippen molar-refractivity contribution in [2.75, 3.05) is 19.6 Å². The summed E-state index contributed by atoms with van der Waals surface area (Å²) < 4.78 is 6.35. The molecule has 0 saturated carbocycles. The fourth-order valence-corrected chi connectivity index (χ4v) is 2.16. The Bertz CT molecular complexity index is 572. The highest BCUT2D eigenvalue weighted by atomic mass is 16.5. The van der Waals surface area contributed by atoms with E-state index >= 15 is 0 Å². The second-order valence-electron chi connectivity index (χ2n) is 4.55. The highest BCUT2D eigenvalue weighted by Crippen LogP contribution is 2.13. The third-order valence-corrected chi connectivity index (χ3v) is 3.36. The molecule has 108 valence electrons. The Kier molecular flexibility index (Phi) is 5.06. The van der Waals surface area contributed by atoms with Crippen LogP contribution in [0.4, 0.5) is 0 Å². The highest BCUT2D eigenvalue weighted by molar-refractivity contribution is 5.52. The van der Waals surface area contributed by atoms with Gasteiger partial charge in [0.05, 0.1) is 0 Å². The molecule has 0 aliphatic rings. The van der Waals surface area contributed by atoms with Gasteiger partial charge in [0.25, 0.3) is 0 Å². The fourth-order valence-electron chi connectivity index (χ4n) is 2.16. The lowest BCUT2D eigenvalue weighted by molar-refractivity contribution is 0.290. The summed E-state index contributed by atoms with van der Waals surface area (Å²) in [5.74, 6) is 0.131. The molecule has 2 aromatic rings. The summed E-state index contributed by atoms with van der Waals surface area (Å²) in [5.41, 5.74) is 0.793. The molecule has 0 fully saturated rings. The van der Waals surface area contributed by atoms with Crippen LogP contribution in [0.25, 0.3) is 11.4 Å². The van der Waals surface area contributed by atoms with E-state index in [4.69, 9.17) is 4.52 Å². The van der Waals surface area contributed by atoms with E-state index in [0.717, 1.165) is 31.6 Å². The fraction of sp³-hybridized carbons (Fsp3) is 0.500. The topological polar surface area (TPSA) is 64.2 Å². The Balaban J connectivity index is 2.09. The molecule has 0 unspecified atom stereocenters. The molecule has 6 heteroatoms. The first kappa shape index (κ1) is 14.5. The molecule has 0 aliphatic heterocycles. The summed E-state index contributed by atoms with van der Waals surface area (Å²) in [7, 11) is 0. The molecule has 2 rings (SSSR count). The van der Waals surface area contributed by atoms with Gasteiger partial charge in [-0.15, -0.1) is 0 Å². The molecule has 0 spiro atoms. The van der Waals surface area contributed by atoms with E-state index in [1.807, 2.05) is 12.1 Å². The minimum Gasteiger partial charge on any atom is -0.304 e. The molecular weight excluding hydrogens is 256 g/mol. The van der Waals surface area contributed by atoms with Crippen LogP contribution in [0.1, 0.15) is 20.3 Å². The number of rotatable bonds is 7. The lowest BCUT2D eigenvalue weighted by Gasteiger charge is -2.17. The molecule has 0 radical (unpaired) electrons. The molecule has 0 saturated heterocycles. The highest BCUT2D eigenvalue weighted by Gasteiger charge is 2.12. The van der Waals surface area contributed by atoms with E-state index in [2.05, 4.69) is 28.9 Å². The van der Waals surface area contributed by atoms with Crippen LogP contribution < -0.4 is 5.76 Å². The van der Waals surface area contributed by atoms with Gasteiger partial charge >= 0.3 is 5.76 Å². The van der Waals surface area contributed by atoms with Gasteiger partial charge in [0.15, 0.2) is 5.82 Å². The van der Waals surface area contributed by atoms with E-state index in [1.165, 1.54) is 0 Å². The molecule has 0 atom stereocenters. The van der Waals surface area contributed by atoms with E-state index in [1.54, 1.807) is 17.0 Å². The van der Waals surface area contributed by atoms with Crippen molar-refractivity contribution in [1.82, 2.24) is 19.6 Å². The van der Waals surface area contributed by atoms with Gasteiger partial charge in [-0.1, -0.05) is 19.0 Å². The molecule has 20 heavy (non-hydrogen) atoms. The Hall–Kier alpha value is -1.95. The van der Waals surface area contributed by atoms with Crippen LogP contribution in [0.2, 0.25) is 0 Å². The molecular formula is C14H20N4O2. The van der Waals surface area contributed by atoms with Gasteiger partial charge in [0.2, 0.25) is 0 Å². The normalized spacial score (nSPS) is 11.2. The Labute approximate surface area is 118 Å². The third-order valence-electron chi connectivity index (χ3n) is 3.36. The average Bonchev–Trinajstić information content (AvgIpc) is 2.86. The second kappa shape index (κ2) is 7.00. The van der Waals surface area contributed by atoms with Gasteiger partial charge in [0.1, 0.15) is 0 Å². The van der Waals surface area contributed by atoms with E-state index in [0.29, 0.717) is 12.4 Å². The predicted octanol–water partition coefficient (Wildman–Crippen LogP) is 1.63. The molecule has 6 nitrogen and oxygen atoms in total. The second-order valence-corrected chi connectivity index (χ2v) is 4.55. The van der Waals surface area contributed by atoms with Crippen molar-refractivity contribution in [2.24, 2.45) is 0 Å². The zero-order chi connectivity index (χ0) is 14.4. The van der Waals surface area contributed by atoms with Crippen molar-refractivity contribution >= 4 is 0 Å². The average molecular weight is 276 g/mol. The summed E-state index contributed by atoms with van der Waals surface area (Å²) in [4.78, 5) is 18.1. The predicted molar refractivity (Wildman–Crippen MR) is 76.4 cm³/mol. The van der Waals surface area contributed by atoms with Crippen LogP contribution >= 0.6 is 0 Å². The molecule has 0 amide bonds. The van der Waals surface area contributed by atoms with Crippen LogP contribution in [-0.2, 0) is 6.54 Å². The molecule has 0 aromatic carbocycles. The quantitative estimate of drug-likeness (QED) is 0.769. The zero-order valence-electron chi connectivity index (χ0n) is 12.0. The van der Waals surface area contributed by atoms with Gasteiger partial charge < -0.3 is 4.90 Å². The van der Waals surface area contributed by atoms with Crippen LogP contribution in [0, 0.1) is 0 Å². The van der Waals surface area contributed by atoms with Gasteiger partial charge in [-0.2, -0.15) is 0 Å². The summed E-state index contributed by atoms with van der Waals surface area (Å²) in [6.45, 7) is 7.86. The molecule has 0 bridgehead atoms. The first-order valence-electron chi connectivity index (χ1n) is 6.95. The number of hydrogen-bond donors (Lipinski definition) is 0. The lowest BCUT2D eigenvalue weighted by Crippen LogP contribution is -2.26. The Morgan fingerprint density at radius 2 is 2.15 bits per heavy atom. The minimum absolute atomic E-state index is 0.414. The number of aromatic nitrogens is 3. The van der Waals surface area contributed by atoms with Gasteiger partial charge in [-0.05, 0) is 38.2 Å². The summed E-state index contributed by atoms with van der Waals surface area (Å²) in [6.07, 6.45) is 4.25.